The molecule has 0 saturated carbocycles. The lowest BCUT2D eigenvalue weighted by molar-refractivity contribution is -0.129. The molecule has 7 nitrogen and oxygen atoms in total. The number of hydrogen-bond donors (Lipinski definition) is 1. The number of fused-ring (bicyclic) bond motifs is 1. The zero-order valence-electron chi connectivity index (χ0n) is 16.8. The normalized spacial score (nSPS) is 17.1. The molecular weight excluding hydrogens is 356 g/mol. The van der Waals surface area contributed by atoms with Crippen molar-refractivity contribution in [2.45, 2.75) is 12.3 Å². The van der Waals surface area contributed by atoms with Gasteiger partial charge in [0.1, 0.15) is 0 Å². The van der Waals surface area contributed by atoms with Crippen LogP contribution in [0, 0.1) is 0 Å². The number of aliphatic hydroxyl groups is 1. The fraction of sp³-hybridized carbons (Fsp3) is 0.476. The molecule has 1 atom stereocenters. The average molecular weight is 384 g/mol. The van der Waals surface area contributed by atoms with Crippen LogP contribution in [0.2, 0.25) is 0 Å². The summed E-state index contributed by atoms with van der Waals surface area (Å²) >= 11 is 0. The standard InChI is InChI=1S/C21H28N4O3/c1-23(2)20(27)14-25-9-8-15(13-25)19-12-17(21(28)24(3)10-11-26)16-6-4-5-7-18(16)22-19/h4-7,12,15,26H,8-11,13-14H2,1-3H3. The summed E-state index contributed by atoms with van der Waals surface area (Å²) in [4.78, 5) is 35.0. The van der Waals surface area contributed by atoms with Gasteiger partial charge in [0, 0.05) is 51.2 Å². The molecule has 1 aliphatic rings. The lowest BCUT2D eigenvalue weighted by Crippen LogP contribution is -2.35. The van der Waals surface area contributed by atoms with E-state index >= 15 is 0 Å². The summed E-state index contributed by atoms with van der Waals surface area (Å²) in [7, 11) is 5.22. The van der Waals surface area contributed by atoms with Gasteiger partial charge in [0.15, 0.2) is 0 Å². The second kappa shape index (κ2) is 8.67. The minimum atomic E-state index is -0.119. The molecule has 2 amide bonds. The van der Waals surface area contributed by atoms with Crippen LogP contribution >= 0.6 is 0 Å². The number of amides is 2. The number of carbonyl (C=O) groups is 2. The maximum Gasteiger partial charge on any atom is 0.254 e. The third kappa shape index (κ3) is 4.31. The molecule has 0 aliphatic carbocycles. The van der Waals surface area contributed by atoms with Gasteiger partial charge >= 0.3 is 0 Å². The molecule has 0 spiro atoms. The lowest BCUT2D eigenvalue weighted by atomic mass is 9.99. The third-order valence-corrected chi connectivity index (χ3v) is 5.30. The highest BCUT2D eigenvalue weighted by Crippen LogP contribution is 2.29. The monoisotopic (exact) mass is 384 g/mol. The zero-order chi connectivity index (χ0) is 20.3. The molecule has 28 heavy (non-hydrogen) atoms. The Morgan fingerprint density at radius 1 is 1.25 bits per heavy atom. The first-order chi connectivity index (χ1) is 13.4. The molecule has 1 fully saturated rings. The van der Waals surface area contributed by atoms with Crippen LogP contribution in [-0.4, -0.2) is 90.5 Å². The molecule has 2 aromatic rings. The van der Waals surface area contributed by atoms with Crippen LogP contribution in [0.3, 0.4) is 0 Å². The molecule has 1 aromatic heterocycles. The lowest BCUT2D eigenvalue weighted by Gasteiger charge is -2.20. The van der Waals surface area contributed by atoms with Gasteiger partial charge in [0.25, 0.3) is 5.91 Å². The molecule has 0 bridgehead atoms. The number of benzene rings is 1. The quantitative estimate of drug-likeness (QED) is 0.809. The largest absolute Gasteiger partial charge is 0.395 e. The summed E-state index contributed by atoms with van der Waals surface area (Å²) in [5.74, 6) is 0.162. The number of likely N-dealkylation sites (N-methyl/N-ethyl adjacent to an activating group) is 2. The third-order valence-electron chi connectivity index (χ3n) is 5.30. The van der Waals surface area contributed by atoms with E-state index in [2.05, 4.69) is 4.90 Å². The van der Waals surface area contributed by atoms with E-state index in [1.54, 1.807) is 26.0 Å². The highest BCUT2D eigenvalue weighted by molar-refractivity contribution is 6.06. The van der Waals surface area contributed by atoms with Gasteiger partial charge in [-0.3, -0.25) is 19.5 Å². The van der Waals surface area contributed by atoms with Gasteiger partial charge in [-0.1, -0.05) is 18.2 Å². The van der Waals surface area contributed by atoms with Crippen LogP contribution in [0.1, 0.15) is 28.4 Å². The van der Waals surface area contributed by atoms with E-state index in [1.807, 2.05) is 30.3 Å². The maximum absolute atomic E-state index is 12.9. The number of pyridine rings is 1. The summed E-state index contributed by atoms with van der Waals surface area (Å²) in [5.41, 5.74) is 2.29. The number of rotatable bonds is 6. The van der Waals surface area contributed by atoms with Crippen LogP contribution in [0.15, 0.2) is 30.3 Å². The Labute approximate surface area is 165 Å². The summed E-state index contributed by atoms with van der Waals surface area (Å²) in [5, 5.41) is 9.99. The molecule has 1 aliphatic heterocycles. The smallest absolute Gasteiger partial charge is 0.254 e. The highest BCUT2D eigenvalue weighted by atomic mass is 16.3. The van der Waals surface area contributed by atoms with Gasteiger partial charge in [-0.05, 0) is 25.1 Å². The molecule has 3 rings (SSSR count). The van der Waals surface area contributed by atoms with Gasteiger partial charge in [-0.25, -0.2) is 0 Å². The van der Waals surface area contributed by atoms with Crippen molar-refractivity contribution in [3.63, 3.8) is 0 Å². The van der Waals surface area contributed by atoms with Gasteiger partial charge in [-0.15, -0.1) is 0 Å². The van der Waals surface area contributed by atoms with E-state index in [0.29, 0.717) is 12.1 Å². The van der Waals surface area contributed by atoms with Crippen molar-refractivity contribution < 1.29 is 14.7 Å². The molecule has 1 aromatic carbocycles. The SMILES string of the molecule is CN(C)C(=O)CN1CCC(c2cc(C(=O)N(C)CCO)c3ccccc3n2)C1. The first kappa shape index (κ1) is 20.2. The summed E-state index contributed by atoms with van der Waals surface area (Å²) in [6.07, 6.45) is 0.909. The van der Waals surface area contributed by atoms with Gasteiger partial charge < -0.3 is 14.9 Å². The van der Waals surface area contributed by atoms with Crippen LogP contribution in [-0.2, 0) is 4.79 Å². The highest BCUT2D eigenvalue weighted by Gasteiger charge is 2.28. The van der Waals surface area contributed by atoms with Crippen molar-refractivity contribution in [2.75, 3.05) is 53.9 Å². The molecule has 1 N–H and O–H groups in total. The Balaban J connectivity index is 1.88. The fourth-order valence-corrected chi connectivity index (χ4v) is 3.59. The first-order valence-electron chi connectivity index (χ1n) is 9.59. The van der Waals surface area contributed by atoms with Crippen LogP contribution in [0.25, 0.3) is 10.9 Å². The van der Waals surface area contributed by atoms with Crippen LogP contribution < -0.4 is 0 Å². The minimum absolute atomic E-state index is 0.0738. The maximum atomic E-state index is 12.9. The second-order valence-corrected chi connectivity index (χ2v) is 7.57. The number of aliphatic hydroxyl groups excluding tert-OH is 1. The Morgan fingerprint density at radius 2 is 2.00 bits per heavy atom. The molecule has 2 heterocycles. The van der Waals surface area contributed by atoms with Crippen molar-refractivity contribution >= 4 is 22.7 Å². The summed E-state index contributed by atoms with van der Waals surface area (Å²) < 4.78 is 0. The van der Waals surface area contributed by atoms with E-state index in [-0.39, 0.29) is 30.9 Å². The fourth-order valence-electron chi connectivity index (χ4n) is 3.59. The van der Waals surface area contributed by atoms with Gasteiger partial charge in [-0.2, -0.15) is 0 Å². The molecule has 0 radical (unpaired) electrons. The average Bonchev–Trinajstić information content (AvgIpc) is 3.15. The molecular formula is C21H28N4O3. The Morgan fingerprint density at radius 3 is 2.71 bits per heavy atom. The summed E-state index contributed by atoms with van der Waals surface area (Å²) in [6.45, 7) is 2.21. The number of carbonyl (C=O) groups excluding carboxylic acids is 2. The van der Waals surface area contributed by atoms with Crippen molar-refractivity contribution in [3.8, 4) is 0 Å². The number of aromatic nitrogens is 1. The Kier molecular flexibility index (Phi) is 6.26. The Bertz CT molecular complexity index is 868. The zero-order valence-corrected chi connectivity index (χ0v) is 16.8. The molecule has 1 saturated heterocycles. The van der Waals surface area contributed by atoms with Crippen LogP contribution in [0.5, 0.6) is 0 Å². The van der Waals surface area contributed by atoms with E-state index in [0.717, 1.165) is 36.1 Å². The number of para-hydroxylation sites is 1. The van der Waals surface area contributed by atoms with Crippen molar-refractivity contribution in [1.29, 1.82) is 0 Å². The first-order valence-corrected chi connectivity index (χ1v) is 9.59. The van der Waals surface area contributed by atoms with Gasteiger partial charge in [0.2, 0.25) is 5.91 Å². The van der Waals surface area contributed by atoms with E-state index in [4.69, 9.17) is 4.98 Å². The number of likely N-dealkylation sites (tertiary alicyclic amines) is 1. The Hall–Kier alpha value is -2.51. The topological polar surface area (TPSA) is 77.0 Å². The molecule has 7 heteroatoms. The second-order valence-electron chi connectivity index (χ2n) is 7.57. The number of nitrogens with zero attached hydrogens (tertiary/aromatic N) is 4. The summed E-state index contributed by atoms with van der Waals surface area (Å²) in [6, 6.07) is 9.53. The number of hydrogen-bond acceptors (Lipinski definition) is 5. The van der Waals surface area contributed by atoms with E-state index < -0.39 is 0 Å². The van der Waals surface area contributed by atoms with Crippen molar-refractivity contribution in [2.24, 2.45) is 0 Å². The van der Waals surface area contributed by atoms with Gasteiger partial charge in [0.05, 0.1) is 24.2 Å². The molecule has 1 unspecified atom stereocenters. The van der Waals surface area contributed by atoms with Crippen molar-refractivity contribution in [3.05, 3.63) is 41.6 Å². The minimum Gasteiger partial charge on any atom is -0.395 e. The van der Waals surface area contributed by atoms with E-state index in [9.17, 15) is 14.7 Å². The van der Waals surface area contributed by atoms with Crippen LogP contribution in [0.4, 0.5) is 0 Å². The predicted molar refractivity (Wildman–Crippen MR) is 108 cm³/mol. The molecule has 150 valence electrons. The van der Waals surface area contributed by atoms with Crippen molar-refractivity contribution in [1.82, 2.24) is 19.7 Å². The predicted octanol–water partition coefficient (Wildman–Crippen LogP) is 1.18. The van der Waals surface area contributed by atoms with E-state index in [1.165, 1.54) is 4.90 Å².